The Kier molecular flexibility index (Phi) is 4.32. The van der Waals surface area contributed by atoms with Crippen molar-refractivity contribution in [2.24, 2.45) is 11.5 Å². The third-order valence-electron chi connectivity index (χ3n) is 2.97. The molecule has 2 rings (SSSR count). The molecule has 0 fully saturated rings. The number of pyridine rings is 1. The quantitative estimate of drug-likeness (QED) is 0.768. The van der Waals surface area contributed by atoms with E-state index in [0.29, 0.717) is 24.5 Å². The van der Waals surface area contributed by atoms with Gasteiger partial charge in [0.2, 0.25) is 5.91 Å². The molecule has 0 radical (unpaired) electrons. The minimum Gasteiger partial charge on any atom is -0.366 e. The van der Waals surface area contributed by atoms with Gasteiger partial charge in [0.25, 0.3) is 0 Å². The molecule has 0 spiro atoms. The number of rotatable bonds is 5. The van der Waals surface area contributed by atoms with Crippen molar-refractivity contribution in [1.29, 1.82) is 0 Å². The number of hydrogen-bond donors (Lipinski definition) is 3. The van der Waals surface area contributed by atoms with Crippen molar-refractivity contribution in [3.63, 3.8) is 0 Å². The predicted molar refractivity (Wildman–Crippen MR) is 79.2 cm³/mol. The standard InChI is InChI=1S/C15H18N4O/c1-10-6-13(15(17)20)7-14(19-10)18-9-12-4-2-11(8-16)3-5-12/h2-7H,8-9,16H2,1H3,(H2,17,20)(H,18,19). The largest absolute Gasteiger partial charge is 0.366 e. The van der Waals surface area contributed by atoms with Crippen molar-refractivity contribution in [1.82, 2.24) is 4.98 Å². The second kappa shape index (κ2) is 6.16. The Morgan fingerprint density at radius 3 is 2.45 bits per heavy atom. The Bertz CT molecular complexity index is 608. The van der Waals surface area contributed by atoms with Gasteiger partial charge < -0.3 is 16.8 Å². The molecule has 5 N–H and O–H groups in total. The zero-order valence-corrected chi connectivity index (χ0v) is 11.4. The van der Waals surface area contributed by atoms with E-state index in [2.05, 4.69) is 10.3 Å². The first-order valence-electron chi connectivity index (χ1n) is 6.38. The highest BCUT2D eigenvalue weighted by Gasteiger charge is 2.04. The maximum Gasteiger partial charge on any atom is 0.248 e. The molecule has 0 aliphatic heterocycles. The van der Waals surface area contributed by atoms with Gasteiger partial charge in [-0.2, -0.15) is 0 Å². The maximum atomic E-state index is 11.2. The van der Waals surface area contributed by atoms with E-state index in [9.17, 15) is 4.79 Å². The van der Waals surface area contributed by atoms with Crippen molar-refractivity contribution >= 4 is 11.7 Å². The number of aromatic nitrogens is 1. The zero-order valence-electron chi connectivity index (χ0n) is 11.4. The fraction of sp³-hybridized carbons (Fsp3) is 0.200. The highest BCUT2D eigenvalue weighted by atomic mass is 16.1. The molecule has 1 aromatic heterocycles. The molecule has 5 heteroatoms. The van der Waals surface area contributed by atoms with Crippen LogP contribution in [0.5, 0.6) is 0 Å². The van der Waals surface area contributed by atoms with Crippen LogP contribution in [-0.2, 0) is 13.1 Å². The molecule has 0 atom stereocenters. The van der Waals surface area contributed by atoms with E-state index in [1.165, 1.54) is 0 Å². The van der Waals surface area contributed by atoms with Gasteiger partial charge in [-0.1, -0.05) is 24.3 Å². The Labute approximate surface area is 118 Å². The first kappa shape index (κ1) is 14.0. The molecule has 20 heavy (non-hydrogen) atoms. The highest BCUT2D eigenvalue weighted by Crippen LogP contribution is 2.12. The number of aryl methyl sites for hydroxylation is 1. The van der Waals surface area contributed by atoms with E-state index in [1.807, 2.05) is 31.2 Å². The molecule has 0 saturated heterocycles. The van der Waals surface area contributed by atoms with Gasteiger partial charge >= 0.3 is 0 Å². The van der Waals surface area contributed by atoms with Gasteiger partial charge in [-0.05, 0) is 30.2 Å². The van der Waals surface area contributed by atoms with Gasteiger partial charge in [-0.25, -0.2) is 4.98 Å². The van der Waals surface area contributed by atoms with Gasteiger partial charge in [0.15, 0.2) is 0 Å². The second-order valence-electron chi connectivity index (χ2n) is 4.62. The van der Waals surface area contributed by atoms with Crippen molar-refractivity contribution in [3.05, 3.63) is 58.8 Å². The lowest BCUT2D eigenvalue weighted by Gasteiger charge is -2.08. The van der Waals surface area contributed by atoms with Crippen LogP contribution in [0.25, 0.3) is 0 Å². The van der Waals surface area contributed by atoms with Crippen LogP contribution in [0, 0.1) is 6.92 Å². The second-order valence-corrected chi connectivity index (χ2v) is 4.62. The topological polar surface area (TPSA) is 94.0 Å². The van der Waals surface area contributed by atoms with E-state index >= 15 is 0 Å². The molecule has 1 amide bonds. The van der Waals surface area contributed by atoms with Crippen LogP contribution in [0.3, 0.4) is 0 Å². The molecule has 1 aromatic carbocycles. The van der Waals surface area contributed by atoms with Crippen molar-refractivity contribution in [2.75, 3.05) is 5.32 Å². The lowest BCUT2D eigenvalue weighted by Crippen LogP contribution is -2.12. The monoisotopic (exact) mass is 270 g/mol. The summed E-state index contributed by atoms with van der Waals surface area (Å²) in [5.74, 6) is 0.188. The van der Waals surface area contributed by atoms with Gasteiger partial charge in [0, 0.05) is 24.3 Å². The Balaban J connectivity index is 2.08. The number of anilines is 1. The zero-order chi connectivity index (χ0) is 14.5. The van der Waals surface area contributed by atoms with E-state index in [0.717, 1.165) is 16.8 Å². The number of carbonyl (C=O) groups excluding carboxylic acids is 1. The number of benzene rings is 1. The predicted octanol–water partition coefficient (Wildman–Crippen LogP) is 1.56. The minimum absolute atomic E-state index is 0.453. The molecular formula is C15H18N4O. The van der Waals surface area contributed by atoms with Gasteiger partial charge in [0.05, 0.1) is 0 Å². The Morgan fingerprint density at radius 2 is 1.85 bits per heavy atom. The van der Waals surface area contributed by atoms with Crippen LogP contribution in [0.4, 0.5) is 5.82 Å². The van der Waals surface area contributed by atoms with Crippen LogP contribution >= 0.6 is 0 Å². The maximum absolute atomic E-state index is 11.2. The lowest BCUT2D eigenvalue weighted by molar-refractivity contribution is 0.1000. The molecule has 5 nitrogen and oxygen atoms in total. The SMILES string of the molecule is Cc1cc(C(N)=O)cc(NCc2ccc(CN)cc2)n1. The first-order chi connectivity index (χ1) is 9.58. The fourth-order valence-corrected chi connectivity index (χ4v) is 1.89. The molecule has 104 valence electrons. The minimum atomic E-state index is -0.453. The molecule has 0 unspecified atom stereocenters. The average Bonchev–Trinajstić information content (AvgIpc) is 2.45. The van der Waals surface area contributed by atoms with Crippen LogP contribution < -0.4 is 16.8 Å². The summed E-state index contributed by atoms with van der Waals surface area (Å²) in [6.07, 6.45) is 0. The summed E-state index contributed by atoms with van der Waals surface area (Å²) in [6.45, 7) is 2.99. The van der Waals surface area contributed by atoms with Crippen LogP contribution in [0.15, 0.2) is 36.4 Å². The lowest BCUT2D eigenvalue weighted by atomic mass is 10.1. The number of nitrogens with zero attached hydrogens (tertiary/aromatic N) is 1. The summed E-state index contributed by atoms with van der Waals surface area (Å²) in [5, 5.41) is 3.18. The molecule has 0 bridgehead atoms. The molecule has 0 aliphatic rings. The van der Waals surface area contributed by atoms with E-state index in [-0.39, 0.29) is 0 Å². The van der Waals surface area contributed by atoms with Crippen molar-refractivity contribution in [3.8, 4) is 0 Å². The van der Waals surface area contributed by atoms with E-state index < -0.39 is 5.91 Å². The number of carbonyl (C=O) groups is 1. The number of amides is 1. The normalized spacial score (nSPS) is 10.3. The van der Waals surface area contributed by atoms with Gasteiger partial charge in [-0.3, -0.25) is 4.79 Å². The summed E-state index contributed by atoms with van der Waals surface area (Å²) in [7, 11) is 0. The summed E-state index contributed by atoms with van der Waals surface area (Å²) in [4.78, 5) is 15.5. The van der Waals surface area contributed by atoms with E-state index in [1.54, 1.807) is 12.1 Å². The Morgan fingerprint density at radius 1 is 1.20 bits per heavy atom. The molecule has 0 saturated carbocycles. The third kappa shape index (κ3) is 3.55. The van der Waals surface area contributed by atoms with Crippen molar-refractivity contribution < 1.29 is 4.79 Å². The number of nitrogens with one attached hydrogen (secondary N) is 1. The third-order valence-corrected chi connectivity index (χ3v) is 2.97. The Hall–Kier alpha value is -2.40. The van der Waals surface area contributed by atoms with Crippen LogP contribution in [0.2, 0.25) is 0 Å². The summed E-state index contributed by atoms with van der Waals surface area (Å²) >= 11 is 0. The molecule has 1 heterocycles. The fourth-order valence-electron chi connectivity index (χ4n) is 1.89. The first-order valence-corrected chi connectivity index (χ1v) is 6.38. The van der Waals surface area contributed by atoms with E-state index in [4.69, 9.17) is 11.5 Å². The average molecular weight is 270 g/mol. The van der Waals surface area contributed by atoms with Gasteiger partial charge in [-0.15, -0.1) is 0 Å². The highest BCUT2D eigenvalue weighted by molar-refractivity contribution is 5.93. The smallest absolute Gasteiger partial charge is 0.248 e. The van der Waals surface area contributed by atoms with Crippen LogP contribution in [0.1, 0.15) is 27.2 Å². The molecule has 2 aromatic rings. The summed E-state index contributed by atoms with van der Waals surface area (Å²) in [5.41, 5.74) is 14.3. The molecule has 0 aliphatic carbocycles. The summed E-state index contributed by atoms with van der Waals surface area (Å²) < 4.78 is 0. The van der Waals surface area contributed by atoms with Gasteiger partial charge in [0.1, 0.15) is 5.82 Å². The number of hydrogen-bond acceptors (Lipinski definition) is 4. The van der Waals surface area contributed by atoms with Crippen molar-refractivity contribution in [2.45, 2.75) is 20.0 Å². The number of nitrogens with two attached hydrogens (primary N) is 2. The van der Waals surface area contributed by atoms with Crippen LogP contribution in [-0.4, -0.2) is 10.9 Å². The number of primary amides is 1. The summed E-state index contributed by atoms with van der Waals surface area (Å²) in [6, 6.07) is 11.3. The molecular weight excluding hydrogens is 252 g/mol.